The van der Waals surface area contributed by atoms with Gasteiger partial charge in [0.1, 0.15) is 0 Å². The van der Waals surface area contributed by atoms with Crippen LogP contribution in [0.4, 0.5) is 0 Å². The van der Waals surface area contributed by atoms with Gasteiger partial charge in [0.25, 0.3) is 0 Å². The summed E-state index contributed by atoms with van der Waals surface area (Å²) in [6.45, 7) is 0. The van der Waals surface area contributed by atoms with Crippen molar-refractivity contribution in [3.05, 3.63) is 0 Å². The second kappa shape index (κ2) is 2.29. The first-order valence-corrected chi connectivity index (χ1v) is 7.47. The minimum absolute atomic E-state index is 1.47. The third-order valence-electron chi connectivity index (χ3n) is 0. The summed E-state index contributed by atoms with van der Waals surface area (Å²) in [4.78, 5) is 0. The Morgan fingerprint density at radius 3 is 1.20 bits per heavy atom. The van der Waals surface area contributed by atoms with E-state index in [0.717, 1.165) is 0 Å². The van der Waals surface area contributed by atoms with Gasteiger partial charge < -0.3 is 0 Å². The maximum absolute atomic E-state index is 5.32. The average molecular weight is 196 g/mol. The van der Waals surface area contributed by atoms with Gasteiger partial charge in [-0.25, -0.2) is 0 Å². The first-order valence-electron chi connectivity index (χ1n) is 0.604. The summed E-state index contributed by atoms with van der Waals surface area (Å²) in [5, 5.41) is 0. The second-order valence-corrected chi connectivity index (χ2v) is 15.8. The Labute approximate surface area is 46.3 Å². The van der Waals surface area contributed by atoms with Crippen molar-refractivity contribution in [2.75, 3.05) is 0 Å². The van der Waals surface area contributed by atoms with Gasteiger partial charge in [-0.15, -0.1) is 0 Å². The number of halogens is 2. The third kappa shape index (κ3) is 24.6. The third-order valence-corrected chi connectivity index (χ3v) is 0. The molecule has 0 heterocycles. The summed E-state index contributed by atoms with van der Waals surface area (Å²) >= 11 is 0. The van der Waals surface area contributed by atoms with Crippen LogP contribution in [0.2, 0.25) is 0 Å². The topological polar surface area (TPSA) is 0 Å². The van der Waals surface area contributed by atoms with Crippen LogP contribution >= 0.6 is 36.4 Å². The Kier molecular flexibility index (Phi) is 3.18. The van der Waals surface area contributed by atoms with Gasteiger partial charge in [0, 0.05) is 0 Å². The first-order chi connectivity index (χ1) is 2.00. The van der Waals surface area contributed by atoms with Crippen molar-refractivity contribution < 1.29 is 9.74 Å². The van der Waals surface area contributed by atoms with E-state index < -0.39 is 9.74 Å². The Morgan fingerprint density at radius 2 is 1.20 bits per heavy atom. The van der Waals surface area contributed by atoms with Crippen LogP contribution in [0.1, 0.15) is 0 Å². The summed E-state index contributed by atoms with van der Waals surface area (Å²) in [6.07, 6.45) is 0. The van der Waals surface area contributed by atoms with Crippen LogP contribution in [0.25, 0.3) is 0 Å². The van der Waals surface area contributed by atoms with Gasteiger partial charge in [-0.05, 0) is 0 Å². The van der Waals surface area contributed by atoms with E-state index in [9.17, 15) is 0 Å². The van der Waals surface area contributed by atoms with E-state index in [1.54, 1.807) is 0 Å². The molecule has 0 N–H and O–H groups in total. The Morgan fingerprint density at radius 1 is 1.20 bits per heavy atom. The molecule has 0 aromatic rings. The normalized spacial score (nSPS) is 15.2. The van der Waals surface area contributed by atoms with E-state index in [1.165, 1.54) is 0 Å². The molecular weight excluding hydrogens is 192 g/mol. The first kappa shape index (κ1) is 6.93. The molecule has 38 valence electrons. The molecule has 5 heavy (non-hydrogen) atoms. The standard InChI is InChI=1S/2ClH.Ni.2H2P/h2*1H;;2*1H2/q;;+4;2*-1/p-2. The number of rotatable bonds is 0. The van der Waals surface area contributed by atoms with Crippen molar-refractivity contribution in [2.45, 2.75) is 0 Å². The van der Waals surface area contributed by atoms with Crippen LogP contribution in [0.5, 0.6) is 0 Å². The SMILES string of the molecule is [PH2][Ni]([PH2])([Cl])[Cl]. The Hall–Kier alpha value is 1.93. The van der Waals surface area contributed by atoms with Gasteiger partial charge in [-0.3, -0.25) is 0 Å². The summed E-state index contributed by atoms with van der Waals surface area (Å²) in [6, 6.07) is 0. The summed E-state index contributed by atoms with van der Waals surface area (Å²) in [7, 11) is 13.8. The Bertz CT molecular complexity index is 23.1. The molecule has 0 aliphatic heterocycles. The Balaban J connectivity index is 3.02. The summed E-state index contributed by atoms with van der Waals surface area (Å²) in [5.41, 5.74) is 0. The molecule has 0 saturated heterocycles. The molecule has 2 atom stereocenters. The van der Waals surface area contributed by atoms with Crippen molar-refractivity contribution in [1.29, 1.82) is 0 Å². The fraction of sp³-hybridized carbons (Fsp3) is 0. The molecule has 0 radical (unpaired) electrons. The molecule has 0 spiro atoms. The zero-order valence-corrected chi connectivity index (χ0v) is 7.04. The van der Waals surface area contributed by atoms with Crippen molar-refractivity contribution in [3.8, 4) is 0 Å². The molecule has 0 aromatic heterocycles. The van der Waals surface area contributed by atoms with Crippen LogP contribution in [-0.2, 0) is 9.74 Å². The van der Waals surface area contributed by atoms with Gasteiger partial charge in [-0.2, -0.15) is 0 Å². The van der Waals surface area contributed by atoms with Gasteiger partial charge in [-0.1, -0.05) is 0 Å². The van der Waals surface area contributed by atoms with E-state index in [2.05, 4.69) is 16.0 Å². The zero-order valence-electron chi connectivity index (χ0n) is 2.23. The molecule has 0 nitrogen and oxygen atoms in total. The van der Waals surface area contributed by atoms with E-state index in [-0.39, 0.29) is 0 Å². The van der Waals surface area contributed by atoms with Crippen LogP contribution < -0.4 is 0 Å². The van der Waals surface area contributed by atoms with Crippen LogP contribution in [-0.4, -0.2) is 0 Å². The van der Waals surface area contributed by atoms with Crippen molar-refractivity contribution >= 4 is 36.4 Å². The predicted molar refractivity (Wildman–Crippen MR) is 31.1 cm³/mol. The second-order valence-electron chi connectivity index (χ2n) is 0.427. The van der Waals surface area contributed by atoms with Crippen LogP contribution in [0.15, 0.2) is 0 Å². The molecule has 0 aliphatic carbocycles. The van der Waals surface area contributed by atoms with Crippen molar-refractivity contribution in [2.24, 2.45) is 0 Å². The van der Waals surface area contributed by atoms with Crippen LogP contribution in [0, 0.1) is 0 Å². The van der Waals surface area contributed by atoms with Crippen molar-refractivity contribution in [3.63, 3.8) is 0 Å². The molecule has 0 fully saturated rings. The molecular formula is H4Cl2NiP2. The van der Waals surface area contributed by atoms with Crippen molar-refractivity contribution in [1.82, 2.24) is 0 Å². The molecule has 0 bridgehead atoms. The van der Waals surface area contributed by atoms with Gasteiger partial charge in [0.2, 0.25) is 0 Å². The minimum atomic E-state index is -1.47. The van der Waals surface area contributed by atoms with E-state index in [0.29, 0.717) is 0 Å². The van der Waals surface area contributed by atoms with E-state index in [4.69, 9.17) is 20.4 Å². The number of hydrogen-bond acceptors (Lipinski definition) is 0. The number of hydrogen-bond donors (Lipinski definition) is 0. The average Bonchev–Trinajstić information content (AvgIpc) is 0.722. The quantitative estimate of drug-likeness (QED) is 0.410. The molecule has 0 amide bonds. The van der Waals surface area contributed by atoms with E-state index in [1.807, 2.05) is 0 Å². The van der Waals surface area contributed by atoms with Crippen LogP contribution in [0.3, 0.4) is 0 Å². The molecule has 5 heteroatoms. The molecule has 0 saturated carbocycles. The van der Waals surface area contributed by atoms with Gasteiger partial charge in [0.15, 0.2) is 0 Å². The summed E-state index contributed by atoms with van der Waals surface area (Å²) < 4.78 is 0. The fourth-order valence-electron chi connectivity index (χ4n) is 0. The molecule has 0 rings (SSSR count). The van der Waals surface area contributed by atoms with Gasteiger partial charge >= 0.3 is 46.2 Å². The zero-order chi connectivity index (χ0) is 4.50. The fourth-order valence-corrected chi connectivity index (χ4v) is 0. The predicted octanol–water partition coefficient (Wildman–Crippen LogP) is 2.03. The van der Waals surface area contributed by atoms with E-state index >= 15 is 0 Å². The molecule has 0 aliphatic rings. The molecule has 0 aromatic carbocycles. The summed E-state index contributed by atoms with van der Waals surface area (Å²) in [5.74, 6) is 0. The monoisotopic (exact) mass is 194 g/mol. The van der Waals surface area contributed by atoms with Gasteiger partial charge in [0.05, 0.1) is 0 Å². The molecule has 2 unspecified atom stereocenters. The maximum atomic E-state index is 5.32.